The van der Waals surface area contributed by atoms with E-state index in [0.717, 1.165) is 6.54 Å². The predicted octanol–water partition coefficient (Wildman–Crippen LogP) is -0.121. The first-order chi connectivity index (χ1) is 9.65. The lowest BCUT2D eigenvalue weighted by atomic mass is 10.2. The van der Waals surface area contributed by atoms with Crippen molar-refractivity contribution in [3.63, 3.8) is 0 Å². The molecule has 110 valence electrons. The van der Waals surface area contributed by atoms with Gasteiger partial charge in [0.2, 0.25) is 5.91 Å². The van der Waals surface area contributed by atoms with Crippen molar-refractivity contribution < 1.29 is 19.4 Å². The number of thiazole rings is 1. The second kappa shape index (κ2) is 7.32. The van der Waals surface area contributed by atoms with Gasteiger partial charge in [0.05, 0.1) is 24.1 Å². The van der Waals surface area contributed by atoms with Crippen molar-refractivity contribution in [1.29, 1.82) is 0 Å². The number of carbonyl (C=O) groups is 2. The Kier molecular flexibility index (Phi) is 5.45. The van der Waals surface area contributed by atoms with Gasteiger partial charge in [-0.15, -0.1) is 11.3 Å². The molecule has 1 atom stereocenters. The molecule has 0 radical (unpaired) electrons. The zero-order valence-electron chi connectivity index (χ0n) is 10.9. The number of nitrogens with zero attached hydrogens (tertiary/aromatic N) is 1. The first-order valence-electron chi connectivity index (χ1n) is 6.42. The molecule has 1 aliphatic heterocycles. The van der Waals surface area contributed by atoms with Gasteiger partial charge in [-0.05, 0) is 0 Å². The zero-order chi connectivity index (χ0) is 14.4. The third kappa shape index (κ3) is 4.55. The van der Waals surface area contributed by atoms with Gasteiger partial charge in [0, 0.05) is 31.4 Å². The van der Waals surface area contributed by atoms with E-state index in [9.17, 15) is 9.59 Å². The molecule has 0 bridgehead atoms. The average Bonchev–Trinajstić information content (AvgIpc) is 2.89. The number of nitrogens with one attached hydrogen (secondary N) is 2. The van der Waals surface area contributed by atoms with E-state index in [1.807, 2.05) is 0 Å². The van der Waals surface area contributed by atoms with Crippen LogP contribution in [0.5, 0.6) is 0 Å². The molecule has 8 heteroatoms. The van der Waals surface area contributed by atoms with Gasteiger partial charge >= 0.3 is 5.97 Å². The summed E-state index contributed by atoms with van der Waals surface area (Å²) in [5.74, 6) is -1.09. The standard InChI is InChI=1S/C12H17N3O4S/c16-10(5-8-6-13-3-4-19-8)14-2-1-11-15-9(7-20-11)12(17)18/h7-8,13H,1-6H2,(H,14,16)(H,17,18). The van der Waals surface area contributed by atoms with Gasteiger partial charge in [0.25, 0.3) is 0 Å². The molecule has 1 aliphatic rings. The fourth-order valence-electron chi connectivity index (χ4n) is 1.86. The predicted molar refractivity (Wildman–Crippen MR) is 73.0 cm³/mol. The number of hydrogen-bond donors (Lipinski definition) is 3. The molecule has 0 aromatic carbocycles. The summed E-state index contributed by atoms with van der Waals surface area (Å²) in [7, 11) is 0. The summed E-state index contributed by atoms with van der Waals surface area (Å²) in [5.41, 5.74) is 0.0537. The first-order valence-corrected chi connectivity index (χ1v) is 7.30. The number of carboxylic acid groups (broad SMARTS) is 1. The maximum atomic E-state index is 11.7. The molecule has 3 N–H and O–H groups in total. The van der Waals surface area contributed by atoms with Crippen LogP contribution in [0.25, 0.3) is 0 Å². The number of amides is 1. The van der Waals surface area contributed by atoms with Crippen molar-refractivity contribution in [2.24, 2.45) is 0 Å². The van der Waals surface area contributed by atoms with Gasteiger partial charge in [0.15, 0.2) is 5.69 Å². The highest BCUT2D eigenvalue weighted by Gasteiger charge is 2.17. The monoisotopic (exact) mass is 299 g/mol. The number of aromatic nitrogens is 1. The lowest BCUT2D eigenvalue weighted by Crippen LogP contribution is -2.41. The van der Waals surface area contributed by atoms with Crippen LogP contribution < -0.4 is 10.6 Å². The molecule has 2 rings (SSSR count). The Labute approximate surface area is 120 Å². The van der Waals surface area contributed by atoms with Crippen molar-refractivity contribution >= 4 is 23.2 Å². The highest BCUT2D eigenvalue weighted by atomic mass is 32.1. The maximum Gasteiger partial charge on any atom is 0.355 e. The van der Waals surface area contributed by atoms with Crippen molar-refractivity contribution in [3.05, 3.63) is 16.1 Å². The van der Waals surface area contributed by atoms with Gasteiger partial charge in [-0.25, -0.2) is 9.78 Å². The smallest absolute Gasteiger partial charge is 0.355 e. The fourth-order valence-corrected chi connectivity index (χ4v) is 2.63. The highest BCUT2D eigenvalue weighted by Crippen LogP contribution is 2.10. The number of hydrogen-bond acceptors (Lipinski definition) is 6. The lowest BCUT2D eigenvalue weighted by Gasteiger charge is -2.22. The topological polar surface area (TPSA) is 101 Å². The molecule has 1 amide bonds. The largest absolute Gasteiger partial charge is 0.476 e. The first kappa shape index (κ1) is 14.9. The van der Waals surface area contributed by atoms with Crippen LogP contribution in [0.4, 0.5) is 0 Å². The van der Waals surface area contributed by atoms with Crippen LogP contribution in [0.3, 0.4) is 0 Å². The fraction of sp³-hybridized carbons (Fsp3) is 0.583. The number of aromatic carboxylic acids is 1. The number of carbonyl (C=O) groups excluding carboxylic acids is 1. The lowest BCUT2D eigenvalue weighted by molar-refractivity contribution is -0.124. The summed E-state index contributed by atoms with van der Waals surface area (Å²) in [6.45, 7) is 2.61. The van der Waals surface area contributed by atoms with Gasteiger partial charge in [-0.2, -0.15) is 0 Å². The Hall–Kier alpha value is -1.51. The Morgan fingerprint density at radius 1 is 1.60 bits per heavy atom. The van der Waals surface area contributed by atoms with Gasteiger partial charge in [0.1, 0.15) is 0 Å². The Bertz CT molecular complexity index is 471. The molecule has 0 aliphatic carbocycles. The molecule has 1 aromatic rings. The van der Waals surface area contributed by atoms with Crippen LogP contribution in [-0.4, -0.2) is 54.3 Å². The normalized spacial score (nSPS) is 18.7. The molecular weight excluding hydrogens is 282 g/mol. The van der Waals surface area contributed by atoms with Crippen molar-refractivity contribution in [3.8, 4) is 0 Å². The van der Waals surface area contributed by atoms with E-state index in [4.69, 9.17) is 9.84 Å². The Balaban J connectivity index is 1.66. The van der Waals surface area contributed by atoms with E-state index in [2.05, 4.69) is 15.6 Å². The molecular formula is C12H17N3O4S. The summed E-state index contributed by atoms with van der Waals surface area (Å²) in [5, 5.41) is 16.9. The van der Waals surface area contributed by atoms with E-state index in [1.54, 1.807) is 0 Å². The molecule has 0 saturated carbocycles. The summed E-state index contributed by atoms with van der Waals surface area (Å²) in [4.78, 5) is 26.3. The van der Waals surface area contributed by atoms with E-state index in [-0.39, 0.29) is 17.7 Å². The minimum Gasteiger partial charge on any atom is -0.476 e. The summed E-state index contributed by atoms with van der Waals surface area (Å²) < 4.78 is 5.44. The quantitative estimate of drug-likeness (QED) is 0.677. The summed E-state index contributed by atoms with van der Waals surface area (Å²) >= 11 is 1.29. The van der Waals surface area contributed by atoms with Crippen LogP contribution in [0, 0.1) is 0 Å². The Morgan fingerprint density at radius 3 is 3.10 bits per heavy atom. The zero-order valence-corrected chi connectivity index (χ0v) is 11.7. The number of morpholine rings is 1. The number of ether oxygens (including phenoxy) is 1. The summed E-state index contributed by atoms with van der Waals surface area (Å²) in [6, 6.07) is 0. The second-order valence-corrected chi connectivity index (χ2v) is 5.38. The molecule has 1 fully saturated rings. The van der Waals surface area contributed by atoms with Gasteiger partial charge in [-0.3, -0.25) is 4.79 Å². The minimum atomic E-state index is -1.03. The molecule has 2 heterocycles. The molecule has 20 heavy (non-hydrogen) atoms. The van der Waals surface area contributed by atoms with Crippen LogP contribution in [0.1, 0.15) is 21.9 Å². The number of rotatable bonds is 6. The van der Waals surface area contributed by atoms with Crippen LogP contribution in [0.2, 0.25) is 0 Å². The van der Waals surface area contributed by atoms with Gasteiger partial charge < -0.3 is 20.5 Å². The molecule has 1 saturated heterocycles. The van der Waals surface area contributed by atoms with E-state index < -0.39 is 5.97 Å². The van der Waals surface area contributed by atoms with E-state index >= 15 is 0 Å². The van der Waals surface area contributed by atoms with E-state index in [0.29, 0.717) is 37.5 Å². The molecule has 1 unspecified atom stereocenters. The molecule has 1 aromatic heterocycles. The van der Waals surface area contributed by atoms with E-state index in [1.165, 1.54) is 16.7 Å². The molecule has 7 nitrogen and oxygen atoms in total. The Morgan fingerprint density at radius 2 is 2.45 bits per heavy atom. The number of carboxylic acids is 1. The minimum absolute atomic E-state index is 0.0537. The maximum absolute atomic E-state index is 11.7. The average molecular weight is 299 g/mol. The van der Waals surface area contributed by atoms with Crippen LogP contribution >= 0.6 is 11.3 Å². The van der Waals surface area contributed by atoms with Gasteiger partial charge in [-0.1, -0.05) is 0 Å². The third-order valence-corrected chi connectivity index (χ3v) is 3.76. The second-order valence-electron chi connectivity index (χ2n) is 4.43. The molecule has 0 spiro atoms. The van der Waals surface area contributed by atoms with Crippen LogP contribution in [-0.2, 0) is 16.0 Å². The third-order valence-electron chi connectivity index (χ3n) is 2.85. The van der Waals surface area contributed by atoms with Crippen molar-refractivity contribution in [2.75, 3.05) is 26.2 Å². The summed E-state index contributed by atoms with van der Waals surface area (Å²) in [6.07, 6.45) is 0.806. The van der Waals surface area contributed by atoms with Crippen LogP contribution in [0.15, 0.2) is 5.38 Å². The SMILES string of the molecule is O=C(CC1CNCCO1)NCCc1nc(C(=O)O)cs1. The van der Waals surface area contributed by atoms with Crippen molar-refractivity contribution in [2.45, 2.75) is 18.9 Å². The highest BCUT2D eigenvalue weighted by molar-refractivity contribution is 7.09. The van der Waals surface area contributed by atoms with Crippen molar-refractivity contribution in [1.82, 2.24) is 15.6 Å².